The Hall–Kier alpha value is -3.41. The lowest BCUT2D eigenvalue weighted by atomic mass is 10.2. The third kappa shape index (κ3) is 5.20. The summed E-state index contributed by atoms with van der Waals surface area (Å²) in [4.78, 5) is 32.8. The lowest BCUT2D eigenvalue weighted by Gasteiger charge is -2.28. The van der Waals surface area contributed by atoms with Crippen LogP contribution in [0.25, 0.3) is 11.2 Å². The Bertz CT molecular complexity index is 1100. The van der Waals surface area contributed by atoms with Gasteiger partial charge in [0.1, 0.15) is 0 Å². The van der Waals surface area contributed by atoms with Crippen molar-refractivity contribution in [2.45, 2.75) is 12.7 Å². The van der Waals surface area contributed by atoms with Gasteiger partial charge in [0.15, 0.2) is 11.2 Å². The molecule has 3 aromatic rings. The van der Waals surface area contributed by atoms with Crippen molar-refractivity contribution in [3.63, 3.8) is 0 Å². The van der Waals surface area contributed by atoms with Gasteiger partial charge in [0, 0.05) is 33.2 Å². The number of anilines is 1. The van der Waals surface area contributed by atoms with Gasteiger partial charge in [0.2, 0.25) is 5.95 Å². The van der Waals surface area contributed by atoms with Crippen LogP contribution < -0.4 is 15.8 Å². The first kappa shape index (κ1) is 22.3. The second-order valence-electron chi connectivity index (χ2n) is 6.86. The minimum Gasteiger partial charge on any atom is -0.475 e. The van der Waals surface area contributed by atoms with Crippen molar-refractivity contribution in [3.8, 4) is 0 Å². The average molecular weight is 438 g/mol. The molecule has 4 rings (SSSR count). The van der Waals surface area contributed by atoms with Gasteiger partial charge < -0.3 is 19.9 Å². The van der Waals surface area contributed by atoms with Crippen LogP contribution in [0.1, 0.15) is 5.56 Å². The van der Waals surface area contributed by atoms with Crippen LogP contribution in [0, 0.1) is 0 Å². The summed E-state index contributed by atoms with van der Waals surface area (Å²) in [7, 11) is 1.72. The third-order valence-electron chi connectivity index (χ3n) is 4.63. The number of imidazole rings is 1. The molecule has 1 fully saturated rings. The molecule has 0 bridgehead atoms. The molecule has 3 heterocycles. The molecule has 2 N–H and O–H groups in total. The van der Waals surface area contributed by atoms with Crippen molar-refractivity contribution in [2.24, 2.45) is 7.05 Å². The first-order valence-electron chi connectivity index (χ1n) is 9.40. The Morgan fingerprint density at radius 2 is 1.81 bits per heavy atom. The number of halogens is 3. The summed E-state index contributed by atoms with van der Waals surface area (Å²) >= 11 is 0. The van der Waals surface area contributed by atoms with E-state index in [1.165, 1.54) is 10.9 Å². The fourth-order valence-corrected chi connectivity index (χ4v) is 3.11. The number of nitrogens with one attached hydrogen (secondary N) is 1. The van der Waals surface area contributed by atoms with Crippen LogP contribution in [0.2, 0.25) is 0 Å². The van der Waals surface area contributed by atoms with E-state index in [0.29, 0.717) is 17.7 Å². The minimum atomic E-state index is -5.08. The summed E-state index contributed by atoms with van der Waals surface area (Å²) in [5, 5.41) is 10.5. The Kier molecular flexibility index (Phi) is 6.59. The molecule has 1 saturated heterocycles. The Balaban J connectivity index is 0.000000339. The van der Waals surface area contributed by atoms with Crippen molar-refractivity contribution in [2.75, 3.05) is 31.1 Å². The molecule has 0 spiro atoms. The van der Waals surface area contributed by atoms with Gasteiger partial charge in [-0.1, -0.05) is 30.3 Å². The van der Waals surface area contributed by atoms with Crippen LogP contribution in [0.15, 0.2) is 41.5 Å². The minimum absolute atomic E-state index is 0.0650. The van der Waals surface area contributed by atoms with Gasteiger partial charge in [-0.25, -0.2) is 9.78 Å². The number of carbonyl (C=O) groups is 1. The van der Waals surface area contributed by atoms with Crippen molar-refractivity contribution < 1.29 is 23.1 Å². The monoisotopic (exact) mass is 438 g/mol. The molecule has 0 amide bonds. The molecule has 0 unspecified atom stereocenters. The number of benzene rings is 1. The van der Waals surface area contributed by atoms with Crippen LogP contribution in [-0.2, 0) is 18.4 Å². The number of hydrogen-bond donors (Lipinski definition) is 2. The van der Waals surface area contributed by atoms with Crippen LogP contribution >= 0.6 is 0 Å². The normalized spacial score (nSPS) is 14.3. The van der Waals surface area contributed by atoms with Gasteiger partial charge in [0.05, 0.1) is 12.9 Å². The fraction of sp³-hybridized carbons (Fsp3) is 0.368. The Morgan fingerprint density at radius 3 is 2.39 bits per heavy atom. The van der Waals surface area contributed by atoms with Gasteiger partial charge in [-0.3, -0.25) is 9.36 Å². The fourth-order valence-electron chi connectivity index (χ4n) is 3.11. The maximum absolute atomic E-state index is 12.7. The predicted octanol–water partition coefficient (Wildman–Crippen LogP) is 1.22. The Labute approximate surface area is 174 Å². The van der Waals surface area contributed by atoms with E-state index >= 15 is 0 Å². The molecule has 2 aromatic heterocycles. The number of rotatable bonds is 3. The topological polar surface area (TPSA) is 105 Å². The quantitative estimate of drug-likeness (QED) is 0.634. The average Bonchev–Trinajstić information content (AvgIpc) is 3.11. The van der Waals surface area contributed by atoms with E-state index in [-0.39, 0.29) is 5.56 Å². The van der Waals surface area contributed by atoms with Crippen LogP contribution in [-0.4, -0.2) is 62.5 Å². The zero-order valence-electron chi connectivity index (χ0n) is 16.6. The molecule has 0 radical (unpaired) electrons. The largest absolute Gasteiger partial charge is 0.490 e. The molecule has 166 valence electrons. The molecule has 12 heteroatoms. The number of nitrogens with zero attached hydrogens (tertiary/aromatic N) is 5. The number of aromatic nitrogens is 4. The predicted molar refractivity (Wildman–Crippen MR) is 107 cm³/mol. The van der Waals surface area contributed by atoms with Gasteiger partial charge in [-0.15, -0.1) is 0 Å². The van der Waals surface area contributed by atoms with Crippen molar-refractivity contribution >= 4 is 23.1 Å². The van der Waals surface area contributed by atoms with E-state index < -0.39 is 12.1 Å². The molecule has 1 aromatic carbocycles. The number of hydrogen-bond acceptors (Lipinski definition) is 6. The van der Waals surface area contributed by atoms with Gasteiger partial charge in [-0.2, -0.15) is 18.2 Å². The number of fused-ring (bicyclic) bond motifs is 1. The van der Waals surface area contributed by atoms with E-state index in [1.807, 2.05) is 22.8 Å². The zero-order valence-corrected chi connectivity index (χ0v) is 16.6. The first-order valence-corrected chi connectivity index (χ1v) is 9.40. The summed E-state index contributed by atoms with van der Waals surface area (Å²) in [5.41, 5.74) is 2.16. The number of aliphatic carboxylic acids is 1. The first-order chi connectivity index (χ1) is 14.7. The molecule has 0 atom stereocenters. The molecule has 0 saturated carbocycles. The van der Waals surface area contributed by atoms with Gasteiger partial charge >= 0.3 is 12.1 Å². The molecule has 31 heavy (non-hydrogen) atoms. The highest BCUT2D eigenvalue weighted by molar-refractivity contribution is 5.74. The summed E-state index contributed by atoms with van der Waals surface area (Å²) in [5.74, 6) is -1.93. The highest BCUT2D eigenvalue weighted by Gasteiger charge is 2.38. The summed E-state index contributed by atoms with van der Waals surface area (Å²) in [6.07, 6.45) is -3.55. The highest BCUT2D eigenvalue weighted by atomic mass is 19.4. The van der Waals surface area contributed by atoms with Crippen molar-refractivity contribution in [1.82, 2.24) is 24.4 Å². The zero-order chi connectivity index (χ0) is 22.6. The second-order valence-corrected chi connectivity index (χ2v) is 6.86. The smallest absolute Gasteiger partial charge is 0.475 e. The van der Waals surface area contributed by atoms with Gasteiger partial charge in [-0.05, 0) is 5.56 Å². The van der Waals surface area contributed by atoms with E-state index in [9.17, 15) is 18.0 Å². The second kappa shape index (κ2) is 9.16. The molecular formula is C19H21F3N6O3. The summed E-state index contributed by atoms with van der Waals surface area (Å²) in [6.45, 7) is 4.19. The Morgan fingerprint density at radius 1 is 1.19 bits per heavy atom. The van der Waals surface area contributed by atoms with E-state index in [1.54, 1.807) is 7.05 Å². The number of alkyl halides is 3. The number of carboxylic acids is 1. The number of carboxylic acid groups (broad SMARTS) is 1. The molecule has 1 aliphatic rings. The number of piperazine rings is 1. The maximum Gasteiger partial charge on any atom is 0.490 e. The van der Waals surface area contributed by atoms with E-state index in [2.05, 4.69) is 32.3 Å². The molecular weight excluding hydrogens is 417 g/mol. The summed E-state index contributed by atoms with van der Waals surface area (Å²) < 4.78 is 35.2. The number of aryl methyl sites for hydroxylation is 1. The van der Waals surface area contributed by atoms with Gasteiger partial charge in [0.25, 0.3) is 5.56 Å². The lowest BCUT2D eigenvalue weighted by Crippen LogP contribution is -2.44. The van der Waals surface area contributed by atoms with Crippen LogP contribution in [0.4, 0.5) is 19.1 Å². The van der Waals surface area contributed by atoms with Crippen molar-refractivity contribution in [1.29, 1.82) is 0 Å². The maximum atomic E-state index is 12.7. The van der Waals surface area contributed by atoms with Crippen LogP contribution in [0.3, 0.4) is 0 Å². The van der Waals surface area contributed by atoms with E-state index in [4.69, 9.17) is 9.90 Å². The molecule has 0 aliphatic carbocycles. The SMILES string of the molecule is Cn1cnc2nc(N3CCNCC3)n(Cc3ccccc3)c2c1=O.O=C(O)C(F)(F)F. The standard InChI is InChI=1S/C17H20N6O.C2HF3O2/c1-21-12-19-15-14(16(21)24)23(11-13-5-3-2-4-6-13)17(20-15)22-9-7-18-8-10-22;3-2(4,5)1(6)7/h2-6,12,18H,7-11H2,1H3;(H,6,7). The lowest BCUT2D eigenvalue weighted by molar-refractivity contribution is -0.192. The van der Waals surface area contributed by atoms with Crippen molar-refractivity contribution in [3.05, 3.63) is 52.6 Å². The molecule has 1 aliphatic heterocycles. The van der Waals surface area contributed by atoms with Crippen LogP contribution in [0.5, 0.6) is 0 Å². The third-order valence-corrected chi connectivity index (χ3v) is 4.63. The van der Waals surface area contributed by atoms with E-state index in [0.717, 1.165) is 37.7 Å². The highest BCUT2D eigenvalue weighted by Crippen LogP contribution is 2.21. The summed E-state index contributed by atoms with van der Waals surface area (Å²) in [6, 6.07) is 10.1. The molecule has 9 nitrogen and oxygen atoms in total.